The van der Waals surface area contributed by atoms with E-state index in [4.69, 9.17) is 3.87 Å². The van der Waals surface area contributed by atoms with Gasteiger partial charge in [0.05, 0.1) is 0 Å². The van der Waals surface area contributed by atoms with Gasteiger partial charge in [-0.05, 0) is 29.5 Å². The minimum Gasteiger partial charge on any atom is -0.306 e. The summed E-state index contributed by atoms with van der Waals surface area (Å²) in [4.78, 5) is 0. The molecule has 1 unspecified atom stereocenters. The fourth-order valence-electron chi connectivity index (χ4n) is 4.77. The van der Waals surface area contributed by atoms with Crippen molar-refractivity contribution in [2.75, 3.05) is 0 Å². The highest BCUT2D eigenvalue weighted by atomic mass is 32.2. The van der Waals surface area contributed by atoms with Gasteiger partial charge in [0, 0.05) is 5.04 Å². The third kappa shape index (κ3) is 3.35. The van der Waals surface area contributed by atoms with Crippen LogP contribution in [0.5, 0.6) is 0 Å². The van der Waals surface area contributed by atoms with Crippen molar-refractivity contribution in [3.8, 4) is 0 Å². The number of hydrogen-bond acceptors (Lipinski definition) is 3. The first-order valence-electron chi connectivity index (χ1n) is 8.90. The summed E-state index contributed by atoms with van der Waals surface area (Å²) in [7, 11) is -9.15. The third-order valence-electron chi connectivity index (χ3n) is 6.22. The predicted molar refractivity (Wildman–Crippen MR) is 98.6 cm³/mol. The molecule has 2 rings (SSSR count). The summed E-state index contributed by atoms with van der Waals surface area (Å²) in [6.07, 6.45) is 3.14. The average molecular weight is 409 g/mol. The molecule has 0 N–H and O–H groups in total. The highest BCUT2D eigenvalue weighted by Crippen LogP contribution is 2.60. The molecular formula is C18H27F3O3SSi. The zero-order chi connectivity index (χ0) is 19.9. The Kier molecular flexibility index (Phi) is 5.73. The van der Waals surface area contributed by atoms with Crippen LogP contribution in [0.3, 0.4) is 0 Å². The van der Waals surface area contributed by atoms with Crippen molar-refractivity contribution in [1.29, 1.82) is 0 Å². The monoisotopic (exact) mass is 408 g/mol. The third-order valence-corrected chi connectivity index (χ3v) is 14.6. The standard InChI is InChI=1S/C18H27F3O3SSi/c1-5-26(17(4)13-9-10-14-17,24-25(22,23)18(19,20)21)16(2,3)15-11-7-6-8-12-15/h6-8,11-12H,5,9-10,13-14H2,1-4H3. The second-order valence-corrected chi connectivity index (χ2v) is 14.8. The largest absolute Gasteiger partial charge is 0.522 e. The lowest BCUT2D eigenvalue weighted by Crippen LogP contribution is -2.63. The zero-order valence-electron chi connectivity index (χ0n) is 15.7. The van der Waals surface area contributed by atoms with Crippen LogP contribution in [-0.4, -0.2) is 22.2 Å². The molecular weight excluding hydrogens is 381 g/mol. The van der Waals surface area contributed by atoms with E-state index in [-0.39, 0.29) is 0 Å². The van der Waals surface area contributed by atoms with E-state index in [1.807, 2.05) is 51.1 Å². The lowest BCUT2D eigenvalue weighted by molar-refractivity contribution is -0.0507. The minimum atomic E-state index is -5.67. The van der Waals surface area contributed by atoms with Gasteiger partial charge in [-0.25, -0.2) is 0 Å². The lowest BCUT2D eigenvalue weighted by Gasteiger charge is -2.52. The van der Waals surface area contributed by atoms with Crippen LogP contribution in [0.1, 0.15) is 58.9 Å². The highest BCUT2D eigenvalue weighted by Gasteiger charge is 2.65. The fourth-order valence-corrected chi connectivity index (χ4v) is 13.8. The molecule has 3 nitrogen and oxygen atoms in total. The Labute approximate surface area is 155 Å². The molecule has 148 valence electrons. The number of benzene rings is 1. The first kappa shape index (κ1) is 21.4. The number of halogens is 3. The molecule has 1 aromatic rings. The van der Waals surface area contributed by atoms with Crippen molar-refractivity contribution in [1.82, 2.24) is 0 Å². The maximum atomic E-state index is 13.2. The Balaban J connectivity index is 2.70. The van der Waals surface area contributed by atoms with Gasteiger partial charge in [-0.2, -0.15) is 21.6 Å². The smallest absolute Gasteiger partial charge is 0.306 e. The topological polar surface area (TPSA) is 43.4 Å². The summed E-state index contributed by atoms with van der Waals surface area (Å²) >= 11 is 0. The molecule has 8 heteroatoms. The SMILES string of the molecule is CC[Si](OS(=O)(=O)C(F)(F)F)(C1(C)CCCC1)C(C)(C)c1ccccc1. The predicted octanol–water partition coefficient (Wildman–Crippen LogP) is 5.67. The van der Waals surface area contributed by atoms with Crippen LogP contribution in [0.15, 0.2) is 30.3 Å². The minimum absolute atomic E-state index is 0.292. The van der Waals surface area contributed by atoms with Crippen LogP contribution >= 0.6 is 0 Å². The van der Waals surface area contributed by atoms with Crippen LogP contribution < -0.4 is 0 Å². The number of alkyl halides is 3. The normalized spacial score (nSPS) is 20.7. The Morgan fingerprint density at radius 2 is 1.62 bits per heavy atom. The molecule has 0 saturated heterocycles. The summed E-state index contributed by atoms with van der Waals surface area (Å²) < 4.78 is 69.1. The fraction of sp³-hybridized carbons (Fsp3) is 0.667. The summed E-state index contributed by atoms with van der Waals surface area (Å²) in [6.45, 7) is 7.37. The van der Waals surface area contributed by atoms with Gasteiger partial charge < -0.3 is 3.87 Å². The molecule has 1 aliphatic carbocycles. The quantitative estimate of drug-likeness (QED) is 0.450. The molecule has 0 heterocycles. The molecule has 1 atom stereocenters. The van der Waals surface area contributed by atoms with E-state index in [0.717, 1.165) is 18.4 Å². The molecule has 1 saturated carbocycles. The summed E-state index contributed by atoms with van der Waals surface area (Å²) in [5.74, 6) is 0. The molecule has 0 aliphatic heterocycles. The van der Waals surface area contributed by atoms with Crippen molar-refractivity contribution < 1.29 is 25.5 Å². The highest BCUT2D eigenvalue weighted by molar-refractivity contribution is 7.88. The Bertz CT molecular complexity index is 726. The van der Waals surface area contributed by atoms with Gasteiger partial charge in [0.15, 0.2) is 0 Å². The van der Waals surface area contributed by atoms with Crippen molar-refractivity contribution in [3.63, 3.8) is 0 Å². The van der Waals surface area contributed by atoms with Gasteiger partial charge in [-0.3, -0.25) is 0 Å². The molecule has 1 aromatic carbocycles. The average Bonchev–Trinajstić information content (AvgIpc) is 3.00. The van der Waals surface area contributed by atoms with Gasteiger partial charge in [0.25, 0.3) is 0 Å². The van der Waals surface area contributed by atoms with Gasteiger partial charge in [0.1, 0.15) is 0 Å². The molecule has 0 bridgehead atoms. The summed E-state index contributed by atoms with van der Waals surface area (Å²) in [5, 5.41) is -1.35. The van der Waals surface area contributed by atoms with E-state index >= 15 is 0 Å². The van der Waals surface area contributed by atoms with Gasteiger partial charge in [-0.1, -0.05) is 70.9 Å². The van der Waals surface area contributed by atoms with Crippen molar-refractivity contribution in [3.05, 3.63) is 35.9 Å². The first-order chi connectivity index (χ1) is 11.8. The molecule has 0 amide bonds. The van der Waals surface area contributed by atoms with E-state index in [2.05, 4.69) is 0 Å². The van der Waals surface area contributed by atoms with Crippen molar-refractivity contribution in [2.24, 2.45) is 0 Å². The molecule has 1 fully saturated rings. The second-order valence-electron chi connectivity index (χ2n) is 7.92. The van der Waals surface area contributed by atoms with Gasteiger partial charge in [-0.15, -0.1) is 0 Å². The Morgan fingerprint density at radius 1 is 1.12 bits per heavy atom. The van der Waals surface area contributed by atoms with Crippen molar-refractivity contribution >= 4 is 18.4 Å². The van der Waals surface area contributed by atoms with E-state index in [0.29, 0.717) is 18.9 Å². The molecule has 0 spiro atoms. The maximum Gasteiger partial charge on any atom is 0.522 e. The van der Waals surface area contributed by atoms with E-state index in [1.54, 1.807) is 6.92 Å². The van der Waals surface area contributed by atoms with Crippen LogP contribution in [0, 0.1) is 0 Å². The first-order valence-corrected chi connectivity index (χ1v) is 12.4. The lowest BCUT2D eigenvalue weighted by atomic mass is 10.0. The van der Waals surface area contributed by atoms with Crippen LogP contribution in [0.4, 0.5) is 13.2 Å². The number of rotatable bonds is 6. The van der Waals surface area contributed by atoms with Gasteiger partial charge >= 0.3 is 15.6 Å². The second kappa shape index (κ2) is 6.94. The zero-order valence-corrected chi connectivity index (χ0v) is 17.5. The molecule has 1 aliphatic rings. The van der Waals surface area contributed by atoms with E-state index in [9.17, 15) is 21.6 Å². The van der Waals surface area contributed by atoms with Crippen molar-refractivity contribution in [2.45, 2.75) is 75.0 Å². The summed E-state index contributed by atoms with van der Waals surface area (Å²) in [6, 6.07) is 9.46. The Hall–Kier alpha value is -0.863. The molecule has 26 heavy (non-hydrogen) atoms. The Morgan fingerprint density at radius 3 is 2.04 bits per heavy atom. The maximum absolute atomic E-state index is 13.2. The van der Waals surface area contributed by atoms with Crippen LogP contribution in [-0.2, 0) is 19.0 Å². The molecule has 0 aromatic heterocycles. The van der Waals surface area contributed by atoms with Crippen LogP contribution in [0.25, 0.3) is 0 Å². The van der Waals surface area contributed by atoms with Gasteiger partial charge in [0.2, 0.25) is 8.32 Å². The van der Waals surface area contributed by atoms with Crippen LogP contribution in [0.2, 0.25) is 11.1 Å². The molecule has 0 radical (unpaired) electrons. The number of hydrogen-bond donors (Lipinski definition) is 0. The van der Waals surface area contributed by atoms with E-state index < -0.39 is 34.0 Å². The van der Waals surface area contributed by atoms with E-state index in [1.165, 1.54) is 0 Å². The summed E-state index contributed by atoms with van der Waals surface area (Å²) in [5.41, 5.74) is -4.60.